The van der Waals surface area contributed by atoms with Crippen LogP contribution in [0.4, 0.5) is 0 Å². The molecule has 0 spiro atoms. The number of carbonyl (C=O) groups is 1. The third-order valence-corrected chi connectivity index (χ3v) is 5.59. The van der Waals surface area contributed by atoms with Crippen molar-refractivity contribution in [1.82, 2.24) is 19.9 Å². The number of pyridine rings is 1. The Balaban J connectivity index is 1.34. The highest BCUT2D eigenvalue weighted by atomic mass is 35.5. The summed E-state index contributed by atoms with van der Waals surface area (Å²) in [5.74, 6) is 0.891. The first-order valence-corrected chi connectivity index (χ1v) is 10.5. The minimum atomic E-state index is -0.0807. The van der Waals surface area contributed by atoms with E-state index in [1.807, 2.05) is 28.7 Å². The van der Waals surface area contributed by atoms with Gasteiger partial charge in [-0.1, -0.05) is 41.6 Å². The van der Waals surface area contributed by atoms with Gasteiger partial charge in [0, 0.05) is 10.4 Å². The number of thioether (sulfide) groups is 1. The van der Waals surface area contributed by atoms with Crippen LogP contribution in [0.3, 0.4) is 0 Å². The second kappa shape index (κ2) is 8.71. The van der Waals surface area contributed by atoms with Crippen LogP contribution < -0.4 is 10.1 Å². The Kier molecular flexibility index (Phi) is 5.87. The van der Waals surface area contributed by atoms with Crippen LogP contribution in [0.25, 0.3) is 16.6 Å². The van der Waals surface area contributed by atoms with Crippen molar-refractivity contribution in [1.29, 1.82) is 0 Å². The molecule has 0 saturated heterocycles. The van der Waals surface area contributed by atoms with Crippen molar-refractivity contribution in [3.63, 3.8) is 0 Å². The summed E-state index contributed by atoms with van der Waals surface area (Å²) in [4.78, 5) is 12.2. The monoisotopic (exact) mass is 426 g/mol. The fraction of sp³-hybridized carbons (Fsp3) is 0.190. The number of nitrogens with one attached hydrogen (secondary N) is 1. The van der Waals surface area contributed by atoms with Crippen LogP contribution in [0.1, 0.15) is 5.56 Å². The molecule has 6 nitrogen and oxygen atoms in total. The van der Waals surface area contributed by atoms with Crippen molar-refractivity contribution in [2.45, 2.75) is 12.1 Å². The van der Waals surface area contributed by atoms with E-state index >= 15 is 0 Å². The van der Waals surface area contributed by atoms with Crippen LogP contribution >= 0.6 is 23.4 Å². The number of para-hydroxylation sites is 1. The van der Waals surface area contributed by atoms with E-state index in [9.17, 15) is 4.79 Å². The lowest BCUT2D eigenvalue weighted by Crippen LogP contribution is -2.29. The van der Waals surface area contributed by atoms with Crippen LogP contribution in [0, 0.1) is 6.92 Å². The molecule has 0 bridgehead atoms. The van der Waals surface area contributed by atoms with Gasteiger partial charge in [0.1, 0.15) is 12.4 Å². The number of carbonyl (C=O) groups excluding carboxylic acids is 1. The molecule has 4 rings (SSSR count). The van der Waals surface area contributed by atoms with E-state index in [2.05, 4.69) is 28.5 Å². The fourth-order valence-electron chi connectivity index (χ4n) is 3.04. The molecule has 0 aliphatic rings. The van der Waals surface area contributed by atoms with E-state index in [1.165, 1.54) is 11.8 Å². The minimum Gasteiger partial charge on any atom is -0.492 e. The number of ether oxygens (including phenoxy) is 1. The first kappa shape index (κ1) is 19.5. The molecular weight excluding hydrogens is 408 g/mol. The van der Waals surface area contributed by atoms with Crippen molar-refractivity contribution in [3.05, 3.63) is 65.2 Å². The Hall–Kier alpha value is -2.77. The molecule has 0 aliphatic heterocycles. The number of nitrogens with zero attached hydrogens (tertiary/aromatic N) is 3. The maximum Gasteiger partial charge on any atom is 0.230 e. The normalized spacial score (nSPS) is 11.1. The summed E-state index contributed by atoms with van der Waals surface area (Å²) in [7, 11) is 0. The number of amides is 1. The van der Waals surface area contributed by atoms with Gasteiger partial charge in [0.15, 0.2) is 10.8 Å². The number of hydrogen-bond donors (Lipinski definition) is 1. The Morgan fingerprint density at radius 3 is 2.79 bits per heavy atom. The molecule has 0 fully saturated rings. The summed E-state index contributed by atoms with van der Waals surface area (Å²) in [5.41, 5.74) is 2.96. The number of rotatable bonds is 7. The van der Waals surface area contributed by atoms with Gasteiger partial charge in [-0.2, -0.15) is 0 Å². The molecule has 1 N–H and O–H groups in total. The molecule has 29 heavy (non-hydrogen) atoms. The fourth-order valence-corrected chi connectivity index (χ4v) is 3.95. The molecule has 0 unspecified atom stereocenters. The zero-order valence-corrected chi connectivity index (χ0v) is 17.3. The number of hydrogen-bond acceptors (Lipinski definition) is 5. The Morgan fingerprint density at radius 2 is 1.97 bits per heavy atom. The molecule has 1 amide bonds. The molecule has 0 atom stereocenters. The highest BCUT2D eigenvalue weighted by Crippen LogP contribution is 2.25. The summed E-state index contributed by atoms with van der Waals surface area (Å²) in [6, 6.07) is 17.2. The highest BCUT2D eigenvalue weighted by molar-refractivity contribution is 7.99. The largest absolute Gasteiger partial charge is 0.492 e. The van der Waals surface area contributed by atoms with Crippen molar-refractivity contribution in [2.75, 3.05) is 18.9 Å². The van der Waals surface area contributed by atoms with Crippen LogP contribution in [0.15, 0.2) is 59.8 Å². The third-order valence-electron chi connectivity index (χ3n) is 4.41. The average molecular weight is 427 g/mol. The Labute approximate surface area is 177 Å². The highest BCUT2D eigenvalue weighted by Gasteiger charge is 2.13. The maximum atomic E-state index is 12.2. The molecule has 4 aromatic rings. The van der Waals surface area contributed by atoms with Crippen molar-refractivity contribution in [2.24, 2.45) is 0 Å². The average Bonchev–Trinajstić information content (AvgIpc) is 3.14. The van der Waals surface area contributed by atoms with Crippen molar-refractivity contribution >= 4 is 45.8 Å². The molecule has 2 heterocycles. The molecule has 0 saturated carbocycles. The standard InChI is InChI=1S/C21H19ClN4O2S/c1-14-12-19-24-25-21(26(19)18-5-3-2-4-17(14)18)29-13-20(27)23-10-11-28-16-8-6-15(22)7-9-16/h2-9,12H,10-11,13H2,1H3,(H,23,27). The van der Waals surface area contributed by atoms with E-state index in [-0.39, 0.29) is 11.7 Å². The van der Waals surface area contributed by atoms with Crippen LogP contribution in [0.2, 0.25) is 5.02 Å². The van der Waals surface area contributed by atoms with Crippen molar-refractivity contribution in [3.8, 4) is 5.75 Å². The summed E-state index contributed by atoms with van der Waals surface area (Å²) < 4.78 is 7.56. The van der Waals surface area contributed by atoms with Gasteiger partial charge in [-0.05, 0) is 48.9 Å². The number of aromatic nitrogens is 3. The van der Waals surface area contributed by atoms with Gasteiger partial charge in [0.05, 0.1) is 17.8 Å². The topological polar surface area (TPSA) is 68.5 Å². The zero-order valence-electron chi connectivity index (χ0n) is 15.8. The van der Waals surface area contributed by atoms with E-state index < -0.39 is 0 Å². The molecule has 2 aromatic heterocycles. The number of benzene rings is 2. The summed E-state index contributed by atoms with van der Waals surface area (Å²) in [5, 5.41) is 13.9. The number of fused-ring (bicyclic) bond motifs is 3. The first-order valence-electron chi connectivity index (χ1n) is 9.13. The molecular formula is C21H19ClN4O2S. The summed E-state index contributed by atoms with van der Waals surface area (Å²) >= 11 is 7.20. The number of aryl methyl sites for hydroxylation is 1. The third kappa shape index (κ3) is 4.46. The summed E-state index contributed by atoms with van der Waals surface area (Å²) in [6.45, 7) is 2.87. The van der Waals surface area contributed by atoms with Gasteiger partial charge in [0.2, 0.25) is 5.91 Å². The van der Waals surface area contributed by atoms with Gasteiger partial charge in [-0.25, -0.2) is 0 Å². The van der Waals surface area contributed by atoms with E-state index in [0.717, 1.165) is 27.9 Å². The van der Waals surface area contributed by atoms with Crippen molar-refractivity contribution < 1.29 is 9.53 Å². The summed E-state index contributed by atoms with van der Waals surface area (Å²) in [6.07, 6.45) is 0. The van der Waals surface area contributed by atoms with Crippen LogP contribution in [0.5, 0.6) is 5.75 Å². The lowest BCUT2D eigenvalue weighted by Gasteiger charge is -2.08. The van der Waals surface area contributed by atoms with E-state index in [0.29, 0.717) is 23.3 Å². The van der Waals surface area contributed by atoms with E-state index in [4.69, 9.17) is 16.3 Å². The van der Waals surface area contributed by atoms with Gasteiger partial charge in [-0.15, -0.1) is 10.2 Å². The molecule has 148 valence electrons. The molecule has 2 aromatic carbocycles. The quantitative estimate of drug-likeness (QED) is 0.355. The van der Waals surface area contributed by atoms with Crippen LogP contribution in [-0.2, 0) is 4.79 Å². The molecule has 0 aliphatic carbocycles. The van der Waals surface area contributed by atoms with Gasteiger partial charge in [-0.3, -0.25) is 9.20 Å². The minimum absolute atomic E-state index is 0.0807. The predicted molar refractivity (Wildman–Crippen MR) is 116 cm³/mol. The van der Waals surface area contributed by atoms with Crippen LogP contribution in [-0.4, -0.2) is 39.4 Å². The first-order chi connectivity index (χ1) is 14.1. The van der Waals surface area contributed by atoms with E-state index in [1.54, 1.807) is 24.3 Å². The SMILES string of the molecule is Cc1cc2nnc(SCC(=O)NCCOc3ccc(Cl)cc3)n2c2ccccc12. The Morgan fingerprint density at radius 1 is 1.17 bits per heavy atom. The number of halogens is 1. The second-order valence-corrected chi connectivity index (χ2v) is 7.84. The molecule has 0 radical (unpaired) electrons. The smallest absolute Gasteiger partial charge is 0.230 e. The second-order valence-electron chi connectivity index (χ2n) is 6.46. The lowest BCUT2D eigenvalue weighted by molar-refractivity contribution is -0.118. The Bertz CT molecular complexity index is 1160. The van der Waals surface area contributed by atoms with Gasteiger partial charge >= 0.3 is 0 Å². The lowest BCUT2D eigenvalue weighted by atomic mass is 10.1. The van der Waals surface area contributed by atoms with Gasteiger partial charge in [0.25, 0.3) is 0 Å². The maximum absolute atomic E-state index is 12.2. The molecule has 8 heteroatoms. The van der Waals surface area contributed by atoms with Gasteiger partial charge < -0.3 is 10.1 Å². The zero-order chi connectivity index (χ0) is 20.2. The predicted octanol–water partition coefficient (Wildman–Crippen LogP) is 4.13.